The molecule has 2 atom stereocenters. The summed E-state index contributed by atoms with van der Waals surface area (Å²) in [6.45, 7) is 4.32. The summed E-state index contributed by atoms with van der Waals surface area (Å²) in [6.07, 6.45) is 1.08. The predicted molar refractivity (Wildman–Crippen MR) is 85.2 cm³/mol. The Labute approximate surface area is 136 Å². The van der Waals surface area contributed by atoms with Crippen LogP contribution in [0.4, 0.5) is 4.39 Å². The molecule has 2 aromatic rings. The Hall–Kier alpha value is -0.650. The van der Waals surface area contributed by atoms with E-state index in [-0.39, 0.29) is 23.4 Å². The van der Waals surface area contributed by atoms with Gasteiger partial charge in [0.15, 0.2) is 0 Å². The molecule has 1 fully saturated rings. The normalized spacial score (nSPS) is 24.3. The first-order valence-electron chi connectivity index (χ1n) is 6.84. The molecule has 0 spiro atoms. The van der Waals surface area contributed by atoms with Gasteiger partial charge in [0.05, 0.1) is 27.5 Å². The topological polar surface area (TPSA) is 27.1 Å². The van der Waals surface area contributed by atoms with Crippen molar-refractivity contribution in [1.29, 1.82) is 0 Å². The number of imidazole rings is 1. The maximum absolute atomic E-state index is 13.9. The van der Waals surface area contributed by atoms with Gasteiger partial charge in [0, 0.05) is 24.6 Å². The van der Waals surface area contributed by atoms with Crippen LogP contribution in [0.3, 0.4) is 0 Å². The molecule has 1 aliphatic rings. The van der Waals surface area contributed by atoms with E-state index in [1.165, 1.54) is 6.07 Å². The molecule has 0 aliphatic heterocycles. The standard InChI is InChI=1S/C15H17BrClFN2O/c1-15(2)12(6-13(15)21-3)20-11-5-9(18)8(16)4-10(11)19-14(20)7-17/h4-5,12-13H,6-7H2,1-3H3. The van der Waals surface area contributed by atoms with Gasteiger partial charge in [0.25, 0.3) is 0 Å². The van der Waals surface area contributed by atoms with E-state index in [1.807, 2.05) is 0 Å². The molecule has 6 heteroatoms. The van der Waals surface area contributed by atoms with Gasteiger partial charge in [-0.25, -0.2) is 9.37 Å². The lowest BCUT2D eigenvalue weighted by Crippen LogP contribution is -2.51. The first kappa shape index (κ1) is 15.3. The molecule has 1 aromatic carbocycles. The van der Waals surface area contributed by atoms with E-state index in [9.17, 15) is 4.39 Å². The van der Waals surface area contributed by atoms with E-state index >= 15 is 0 Å². The molecule has 1 aromatic heterocycles. The number of benzene rings is 1. The highest BCUT2D eigenvalue weighted by Crippen LogP contribution is 2.52. The molecule has 3 rings (SSSR count). The van der Waals surface area contributed by atoms with Crippen LogP contribution in [0.25, 0.3) is 11.0 Å². The summed E-state index contributed by atoms with van der Waals surface area (Å²) in [6, 6.07) is 3.44. The Morgan fingerprint density at radius 3 is 2.81 bits per heavy atom. The number of methoxy groups -OCH3 is 1. The SMILES string of the molecule is COC1CC(n2c(CCl)nc3cc(Br)c(F)cc32)C1(C)C. The number of hydrogen-bond acceptors (Lipinski definition) is 2. The number of fused-ring (bicyclic) bond motifs is 1. The minimum absolute atomic E-state index is 0.0350. The molecule has 0 bridgehead atoms. The fraction of sp³-hybridized carbons (Fsp3) is 0.533. The molecule has 114 valence electrons. The maximum Gasteiger partial charge on any atom is 0.139 e. The summed E-state index contributed by atoms with van der Waals surface area (Å²) in [4.78, 5) is 4.55. The summed E-state index contributed by atoms with van der Waals surface area (Å²) in [5, 5.41) is 0. The first-order valence-corrected chi connectivity index (χ1v) is 8.17. The van der Waals surface area contributed by atoms with Crippen molar-refractivity contribution in [3.63, 3.8) is 0 Å². The highest BCUT2D eigenvalue weighted by Gasteiger charge is 2.50. The zero-order chi connectivity index (χ0) is 15.4. The van der Waals surface area contributed by atoms with Crippen molar-refractivity contribution in [1.82, 2.24) is 9.55 Å². The highest BCUT2D eigenvalue weighted by atomic mass is 79.9. The van der Waals surface area contributed by atoms with Gasteiger partial charge >= 0.3 is 0 Å². The molecular weight excluding hydrogens is 359 g/mol. The van der Waals surface area contributed by atoms with Gasteiger partial charge in [-0.3, -0.25) is 0 Å². The molecule has 1 saturated carbocycles. The first-order chi connectivity index (χ1) is 9.90. The summed E-state index contributed by atoms with van der Waals surface area (Å²) in [5.41, 5.74) is 1.52. The average molecular weight is 376 g/mol. The zero-order valence-corrected chi connectivity index (χ0v) is 14.5. The average Bonchev–Trinajstić information content (AvgIpc) is 2.76. The van der Waals surface area contributed by atoms with E-state index in [0.29, 0.717) is 10.4 Å². The van der Waals surface area contributed by atoms with Gasteiger partial charge in [-0.15, -0.1) is 11.6 Å². The molecule has 2 unspecified atom stereocenters. The van der Waals surface area contributed by atoms with Crippen molar-refractivity contribution >= 4 is 38.6 Å². The van der Waals surface area contributed by atoms with E-state index in [2.05, 4.69) is 39.3 Å². The van der Waals surface area contributed by atoms with Gasteiger partial charge in [0.2, 0.25) is 0 Å². The third-order valence-electron chi connectivity index (χ3n) is 4.65. The molecule has 1 heterocycles. The predicted octanol–water partition coefficient (Wildman–Crippen LogP) is 4.66. The van der Waals surface area contributed by atoms with Crippen molar-refractivity contribution in [3.05, 3.63) is 28.2 Å². The van der Waals surface area contributed by atoms with Crippen LogP contribution in [0.1, 0.15) is 32.1 Å². The number of aromatic nitrogens is 2. The summed E-state index contributed by atoms with van der Waals surface area (Å²) in [7, 11) is 1.73. The maximum atomic E-state index is 13.9. The van der Waals surface area contributed by atoms with Crippen LogP contribution in [0.5, 0.6) is 0 Å². The Bertz CT molecular complexity index is 701. The van der Waals surface area contributed by atoms with Crippen molar-refractivity contribution in [2.45, 2.75) is 38.3 Å². The number of rotatable bonds is 3. The van der Waals surface area contributed by atoms with E-state index in [0.717, 1.165) is 23.3 Å². The summed E-state index contributed by atoms with van der Waals surface area (Å²) < 4.78 is 21.9. The van der Waals surface area contributed by atoms with Gasteiger partial charge in [-0.1, -0.05) is 13.8 Å². The zero-order valence-electron chi connectivity index (χ0n) is 12.2. The molecule has 3 nitrogen and oxygen atoms in total. The number of hydrogen-bond donors (Lipinski definition) is 0. The number of alkyl halides is 1. The quantitative estimate of drug-likeness (QED) is 0.729. The molecule has 0 saturated heterocycles. The van der Waals surface area contributed by atoms with Gasteiger partial charge in [0.1, 0.15) is 11.6 Å². The van der Waals surface area contributed by atoms with E-state index in [4.69, 9.17) is 16.3 Å². The minimum Gasteiger partial charge on any atom is -0.381 e. The molecule has 0 amide bonds. The van der Waals surface area contributed by atoms with Crippen LogP contribution in [0.2, 0.25) is 0 Å². The summed E-state index contributed by atoms with van der Waals surface area (Å²) >= 11 is 9.26. The van der Waals surface area contributed by atoms with Crippen molar-refractivity contribution in [2.75, 3.05) is 7.11 Å². The monoisotopic (exact) mass is 374 g/mol. The van der Waals surface area contributed by atoms with Crippen LogP contribution in [-0.2, 0) is 10.6 Å². The van der Waals surface area contributed by atoms with Crippen molar-refractivity contribution < 1.29 is 9.13 Å². The third-order valence-corrected chi connectivity index (χ3v) is 5.49. The Kier molecular flexibility index (Phi) is 3.79. The Morgan fingerprint density at radius 2 is 2.24 bits per heavy atom. The number of ether oxygens (including phenoxy) is 1. The fourth-order valence-electron chi connectivity index (χ4n) is 3.28. The second-order valence-electron chi connectivity index (χ2n) is 6.08. The molecule has 1 aliphatic carbocycles. The second-order valence-corrected chi connectivity index (χ2v) is 7.21. The number of halogens is 3. The lowest BCUT2D eigenvalue weighted by atomic mass is 9.64. The highest BCUT2D eigenvalue weighted by molar-refractivity contribution is 9.10. The van der Waals surface area contributed by atoms with Crippen LogP contribution < -0.4 is 0 Å². The lowest BCUT2D eigenvalue weighted by molar-refractivity contribution is -0.112. The van der Waals surface area contributed by atoms with Gasteiger partial charge < -0.3 is 9.30 Å². The van der Waals surface area contributed by atoms with Crippen LogP contribution in [0, 0.1) is 11.2 Å². The smallest absolute Gasteiger partial charge is 0.139 e. The summed E-state index contributed by atoms with van der Waals surface area (Å²) in [5.74, 6) is 0.792. The van der Waals surface area contributed by atoms with Gasteiger partial charge in [-0.05, 0) is 28.4 Å². The Morgan fingerprint density at radius 1 is 1.52 bits per heavy atom. The molecule has 21 heavy (non-hydrogen) atoms. The number of nitrogens with zero attached hydrogens (tertiary/aromatic N) is 2. The largest absolute Gasteiger partial charge is 0.381 e. The second kappa shape index (κ2) is 5.21. The van der Waals surface area contributed by atoms with E-state index in [1.54, 1.807) is 13.2 Å². The lowest BCUT2D eigenvalue weighted by Gasteiger charge is -2.52. The van der Waals surface area contributed by atoms with Crippen LogP contribution in [0.15, 0.2) is 16.6 Å². The third kappa shape index (κ3) is 2.21. The van der Waals surface area contributed by atoms with Crippen molar-refractivity contribution in [3.8, 4) is 0 Å². The minimum atomic E-state index is -0.287. The molecule has 0 N–H and O–H groups in total. The van der Waals surface area contributed by atoms with E-state index < -0.39 is 0 Å². The molecular formula is C15H17BrClFN2O. The van der Waals surface area contributed by atoms with Crippen LogP contribution >= 0.6 is 27.5 Å². The van der Waals surface area contributed by atoms with Crippen molar-refractivity contribution in [2.24, 2.45) is 5.41 Å². The van der Waals surface area contributed by atoms with Crippen LogP contribution in [-0.4, -0.2) is 22.8 Å². The fourth-order valence-corrected chi connectivity index (χ4v) is 3.80. The van der Waals surface area contributed by atoms with Gasteiger partial charge in [-0.2, -0.15) is 0 Å². The molecule has 0 radical (unpaired) electrons. The Balaban J connectivity index is 2.16.